The van der Waals surface area contributed by atoms with Crippen LogP contribution in [0.3, 0.4) is 0 Å². The van der Waals surface area contributed by atoms with Gasteiger partial charge in [0.1, 0.15) is 0 Å². The number of nitrogens with zero attached hydrogens (tertiary/aromatic N) is 3. The lowest BCUT2D eigenvalue weighted by Gasteiger charge is -2.43. The Labute approximate surface area is 220 Å². The van der Waals surface area contributed by atoms with Crippen molar-refractivity contribution < 1.29 is 18.7 Å². The van der Waals surface area contributed by atoms with E-state index in [9.17, 15) is 14.0 Å². The van der Waals surface area contributed by atoms with Gasteiger partial charge in [0, 0.05) is 50.2 Å². The SMILES string of the molecule is CCC(=O)N1CCC2CCCC(CN(C(=O)CCCOc3ccccc3F)Cc3ccccc31)N2CC. The summed E-state index contributed by atoms with van der Waals surface area (Å²) in [6.07, 6.45) is 5.56. The minimum absolute atomic E-state index is 0.0673. The molecule has 0 saturated carbocycles. The topological polar surface area (TPSA) is 53.1 Å². The Morgan fingerprint density at radius 3 is 2.51 bits per heavy atom. The molecule has 0 aliphatic carbocycles. The minimum atomic E-state index is -0.393. The molecule has 0 radical (unpaired) electrons. The fourth-order valence-electron chi connectivity index (χ4n) is 5.84. The molecule has 2 aromatic rings. The van der Waals surface area contributed by atoms with Gasteiger partial charge in [-0.15, -0.1) is 0 Å². The molecule has 2 aromatic carbocycles. The van der Waals surface area contributed by atoms with Crippen molar-refractivity contribution in [2.75, 3.05) is 31.1 Å². The van der Waals surface area contributed by atoms with E-state index < -0.39 is 5.82 Å². The lowest BCUT2D eigenvalue weighted by atomic mass is 9.93. The second kappa shape index (κ2) is 13.0. The van der Waals surface area contributed by atoms with Crippen molar-refractivity contribution in [2.24, 2.45) is 0 Å². The predicted octanol–water partition coefficient (Wildman–Crippen LogP) is 5.40. The highest BCUT2D eigenvalue weighted by Gasteiger charge is 2.33. The third-order valence-electron chi connectivity index (χ3n) is 7.72. The first-order chi connectivity index (χ1) is 18.0. The van der Waals surface area contributed by atoms with E-state index in [1.54, 1.807) is 18.2 Å². The number of hydrogen-bond donors (Lipinski definition) is 0. The number of benzene rings is 2. The van der Waals surface area contributed by atoms with E-state index >= 15 is 0 Å². The van der Waals surface area contributed by atoms with E-state index in [0.717, 1.165) is 43.5 Å². The molecule has 2 aliphatic heterocycles. The lowest BCUT2D eigenvalue weighted by molar-refractivity contribution is -0.133. The van der Waals surface area contributed by atoms with Crippen LogP contribution < -0.4 is 9.64 Å². The molecule has 0 spiro atoms. The maximum Gasteiger partial charge on any atom is 0.226 e. The third-order valence-corrected chi connectivity index (χ3v) is 7.72. The number of anilines is 1. The monoisotopic (exact) mass is 509 g/mol. The number of ether oxygens (including phenoxy) is 1. The molecule has 0 N–H and O–H groups in total. The molecule has 2 heterocycles. The molecule has 2 unspecified atom stereocenters. The molecular weight excluding hydrogens is 469 g/mol. The highest BCUT2D eigenvalue weighted by Crippen LogP contribution is 2.30. The minimum Gasteiger partial charge on any atom is -0.491 e. The van der Waals surface area contributed by atoms with E-state index in [1.807, 2.05) is 41.0 Å². The first kappa shape index (κ1) is 27.1. The Hall–Kier alpha value is -2.93. The standard InChI is InChI=1S/C30H40FN3O3/c1-3-29(35)34-19-18-24-12-9-13-25(33(24)4-2)22-32(21-23-11-5-7-15-27(23)34)30(36)17-10-20-37-28-16-8-6-14-26(28)31/h5-8,11,14-16,24-25H,3-4,9-10,12-13,17-22H2,1-2H3. The molecule has 0 aromatic heterocycles. The van der Waals surface area contributed by atoms with Gasteiger partial charge < -0.3 is 14.5 Å². The van der Waals surface area contributed by atoms with Gasteiger partial charge in [-0.25, -0.2) is 4.39 Å². The van der Waals surface area contributed by atoms with Crippen molar-refractivity contribution >= 4 is 17.5 Å². The van der Waals surface area contributed by atoms with E-state index in [0.29, 0.717) is 51.0 Å². The maximum absolute atomic E-state index is 13.9. The summed E-state index contributed by atoms with van der Waals surface area (Å²) < 4.78 is 19.4. The number of halogens is 1. The Morgan fingerprint density at radius 1 is 0.973 bits per heavy atom. The summed E-state index contributed by atoms with van der Waals surface area (Å²) in [5, 5.41) is 0. The van der Waals surface area contributed by atoms with Crippen LogP contribution in [0.25, 0.3) is 0 Å². The summed E-state index contributed by atoms with van der Waals surface area (Å²) in [4.78, 5) is 33.0. The normalized spacial score (nSPS) is 20.6. The second-order valence-electron chi connectivity index (χ2n) is 10.0. The molecule has 37 heavy (non-hydrogen) atoms. The number of para-hydroxylation sites is 2. The number of carbonyl (C=O) groups is 2. The van der Waals surface area contributed by atoms with E-state index in [-0.39, 0.29) is 24.2 Å². The van der Waals surface area contributed by atoms with Gasteiger partial charge in [-0.2, -0.15) is 0 Å². The van der Waals surface area contributed by atoms with E-state index in [4.69, 9.17) is 4.74 Å². The first-order valence-corrected chi connectivity index (χ1v) is 13.8. The molecule has 4 rings (SSSR count). The number of fused-ring (bicyclic) bond motifs is 3. The Morgan fingerprint density at radius 2 is 1.73 bits per heavy atom. The number of likely N-dealkylation sites (N-methyl/N-ethyl adjacent to an activating group) is 1. The molecular formula is C30H40FN3O3. The zero-order valence-electron chi connectivity index (χ0n) is 22.2. The average molecular weight is 510 g/mol. The highest BCUT2D eigenvalue weighted by atomic mass is 19.1. The van der Waals surface area contributed by atoms with Crippen molar-refractivity contribution in [3.63, 3.8) is 0 Å². The molecule has 1 saturated heterocycles. The van der Waals surface area contributed by atoms with Crippen LogP contribution in [0.2, 0.25) is 0 Å². The highest BCUT2D eigenvalue weighted by molar-refractivity contribution is 5.94. The van der Waals surface area contributed by atoms with E-state index in [2.05, 4.69) is 11.8 Å². The van der Waals surface area contributed by atoms with Crippen molar-refractivity contribution in [2.45, 2.75) is 77.4 Å². The quantitative estimate of drug-likeness (QED) is 0.469. The Kier molecular flexibility index (Phi) is 9.56. The van der Waals surface area contributed by atoms with Crippen LogP contribution >= 0.6 is 0 Å². The maximum atomic E-state index is 13.9. The largest absolute Gasteiger partial charge is 0.491 e. The van der Waals surface area contributed by atoms with E-state index in [1.165, 1.54) is 6.07 Å². The van der Waals surface area contributed by atoms with Crippen molar-refractivity contribution in [1.29, 1.82) is 0 Å². The molecule has 2 amide bonds. The van der Waals surface area contributed by atoms with Crippen LogP contribution in [0.4, 0.5) is 10.1 Å². The zero-order chi connectivity index (χ0) is 26.2. The molecule has 7 heteroatoms. The fourth-order valence-corrected chi connectivity index (χ4v) is 5.84. The van der Waals surface area contributed by atoms with Gasteiger partial charge in [-0.3, -0.25) is 14.5 Å². The van der Waals surface area contributed by atoms with Gasteiger partial charge in [-0.05, 0) is 56.0 Å². The van der Waals surface area contributed by atoms with Crippen molar-refractivity contribution in [3.8, 4) is 5.75 Å². The number of rotatable bonds is 7. The Balaban J connectivity index is 1.54. The van der Waals surface area contributed by atoms with Crippen LogP contribution in [0, 0.1) is 5.82 Å². The number of hydrogen-bond acceptors (Lipinski definition) is 4. The summed E-state index contributed by atoms with van der Waals surface area (Å²) in [6.45, 7) is 7.15. The van der Waals surface area contributed by atoms with Crippen LogP contribution in [-0.4, -0.2) is 59.9 Å². The smallest absolute Gasteiger partial charge is 0.226 e. The van der Waals surface area contributed by atoms with Crippen LogP contribution in [0.15, 0.2) is 48.5 Å². The summed E-state index contributed by atoms with van der Waals surface area (Å²) in [5.41, 5.74) is 1.91. The first-order valence-electron chi connectivity index (χ1n) is 13.8. The molecule has 6 nitrogen and oxygen atoms in total. The van der Waals surface area contributed by atoms with Crippen molar-refractivity contribution in [3.05, 3.63) is 59.9 Å². The summed E-state index contributed by atoms with van der Waals surface area (Å²) >= 11 is 0. The molecule has 200 valence electrons. The number of piperidine rings is 1. The van der Waals surface area contributed by atoms with Gasteiger partial charge >= 0.3 is 0 Å². The summed E-state index contributed by atoms with van der Waals surface area (Å²) in [5.74, 6) is 0.00455. The number of carbonyl (C=O) groups excluding carboxylic acids is 2. The third kappa shape index (κ3) is 6.69. The number of amides is 2. The predicted molar refractivity (Wildman–Crippen MR) is 144 cm³/mol. The Bertz CT molecular complexity index is 1060. The molecule has 1 fully saturated rings. The summed E-state index contributed by atoms with van der Waals surface area (Å²) in [6, 6.07) is 15.0. The van der Waals surface area contributed by atoms with Crippen LogP contribution in [0.5, 0.6) is 5.75 Å². The lowest BCUT2D eigenvalue weighted by Crippen LogP contribution is -2.52. The van der Waals surface area contributed by atoms with Gasteiger partial charge in [0.15, 0.2) is 11.6 Å². The van der Waals surface area contributed by atoms with Gasteiger partial charge in [0.25, 0.3) is 0 Å². The molecule has 2 aliphatic rings. The van der Waals surface area contributed by atoms with Gasteiger partial charge in [0.05, 0.1) is 6.61 Å². The van der Waals surface area contributed by atoms with Crippen LogP contribution in [0.1, 0.15) is 64.4 Å². The summed E-state index contributed by atoms with van der Waals surface area (Å²) in [7, 11) is 0. The van der Waals surface area contributed by atoms with Gasteiger partial charge in [-0.1, -0.05) is 50.6 Å². The zero-order valence-corrected chi connectivity index (χ0v) is 22.2. The van der Waals surface area contributed by atoms with Crippen molar-refractivity contribution in [1.82, 2.24) is 9.80 Å². The average Bonchev–Trinajstić information content (AvgIpc) is 2.93. The van der Waals surface area contributed by atoms with Crippen LogP contribution in [-0.2, 0) is 16.1 Å². The second-order valence-corrected chi connectivity index (χ2v) is 10.0. The molecule has 2 bridgehead atoms. The molecule has 2 atom stereocenters. The fraction of sp³-hybridized carbons (Fsp3) is 0.533. The van der Waals surface area contributed by atoms with Gasteiger partial charge in [0.2, 0.25) is 11.8 Å².